The van der Waals surface area contributed by atoms with Crippen molar-refractivity contribution >= 4 is 17.8 Å². The summed E-state index contributed by atoms with van der Waals surface area (Å²) >= 11 is 2.02. The normalized spacial score (nSPS) is 17.8. The molecule has 2 N–H and O–H groups in total. The van der Waals surface area contributed by atoms with Crippen molar-refractivity contribution in [3.63, 3.8) is 0 Å². The zero-order valence-electron chi connectivity index (χ0n) is 8.84. The molecule has 1 saturated heterocycles. The maximum atomic E-state index is 11.2. The molecule has 14 heavy (non-hydrogen) atoms. The van der Waals surface area contributed by atoms with E-state index in [4.69, 9.17) is 0 Å². The van der Waals surface area contributed by atoms with E-state index in [1.807, 2.05) is 11.8 Å². The number of carbonyl (C=O) groups is 1. The summed E-state index contributed by atoms with van der Waals surface area (Å²) in [6, 6.07) is -0.00919. The summed E-state index contributed by atoms with van der Waals surface area (Å²) in [5, 5.41) is 5.74. The molecular weight excluding hydrogens is 196 g/mol. The number of amides is 2. The quantitative estimate of drug-likeness (QED) is 0.753. The highest BCUT2D eigenvalue weighted by Gasteiger charge is 2.13. The van der Waals surface area contributed by atoms with Gasteiger partial charge in [-0.3, -0.25) is 0 Å². The molecule has 1 rings (SSSR count). The molecule has 0 radical (unpaired) electrons. The minimum Gasteiger partial charge on any atom is -0.338 e. The van der Waals surface area contributed by atoms with E-state index in [-0.39, 0.29) is 6.03 Å². The molecule has 0 unspecified atom stereocenters. The van der Waals surface area contributed by atoms with Crippen molar-refractivity contribution in [2.24, 2.45) is 5.92 Å². The van der Waals surface area contributed by atoms with Crippen LogP contribution in [0, 0.1) is 5.92 Å². The van der Waals surface area contributed by atoms with Crippen LogP contribution in [0.15, 0.2) is 0 Å². The Kier molecular flexibility index (Phi) is 5.83. The lowest BCUT2D eigenvalue weighted by atomic mass is 10.0. The van der Waals surface area contributed by atoms with Gasteiger partial charge < -0.3 is 10.6 Å². The fourth-order valence-corrected chi connectivity index (χ4v) is 2.69. The van der Waals surface area contributed by atoms with E-state index in [1.54, 1.807) is 0 Å². The monoisotopic (exact) mass is 216 g/mol. The van der Waals surface area contributed by atoms with Gasteiger partial charge >= 0.3 is 6.03 Å². The van der Waals surface area contributed by atoms with Crippen molar-refractivity contribution in [2.45, 2.75) is 26.2 Å². The molecule has 0 bridgehead atoms. The number of urea groups is 1. The molecule has 1 heterocycles. The Labute approximate surface area is 90.4 Å². The first-order valence-corrected chi connectivity index (χ1v) is 6.58. The molecule has 0 aromatic carbocycles. The number of thioether (sulfide) groups is 1. The maximum absolute atomic E-state index is 11.2. The summed E-state index contributed by atoms with van der Waals surface area (Å²) in [5.41, 5.74) is 0. The third-order valence-electron chi connectivity index (χ3n) is 2.43. The highest BCUT2D eigenvalue weighted by molar-refractivity contribution is 7.99. The van der Waals surface area contributed by atoms with Crippen molar-refractivity contribution in [1.82, 2.24) is 10.6 Å². The number of carbonyl (C=O) groups excluding carboxylic acids is 1. The van der Waals surface area contributed by atoms with Crippen LogP contribution in [-0.2, 0) is 0 Å². The second-order valence-electron chi connectivity index (χ2n) is 3.69. The van der Waals surface area contributed by atoms with Gasteiger partial charge in [0.25, 0.3) is 0 Å². The number of hydrogen-bond acceptors (Lipinski definition) is 2. The Morgan fingerprint density at radius 1 is 1.36 bits per heavy atom. The smallest absolute Gasteiger partial charge is 0.314 e. The lowest BCUT2D eigenvalue weighted by Gasteiger charge is -2.21. The minimum atomic E-state index is -0.00919. The van der Waals surface area contributed by atoms with Crippen molar-refractivity contribution in [3.8, 4) is 0 Å². The second kappa shape index (κ2) is 6.98. The standard InChI is InChI=1S/C10H20N2OS/c1-2-5-11-10(13)12-8-9-3-6-14-7-4-9/h9H,2-8H2,1H3,(H2,11,12,13). The van der Waals surface area contributed by atoms with Crippen LogP contribution in [-0.4, -0.2) is 30.6 Å². The van der Waals surface area contributed by atoms with Gasteiger partial charge in [0.1, 0.15) is 0 Å². The molecule has 82 valence electrons. The van der Waals surface area contributed by atoms with E-state index in [2.05, 4.69) is 17.6 Å². The summed E-state index contributed by atoms with van der Waals surface area (Å²) in [7, 11) is 0. The molecule has 3 nitrogen and oxygen atoms in total. The molecule has 0 aliphatic carbocycles. The van der Waals surface area contributed by atoms with Crippen LogP contribution in [0.2, 0.25) is 0 Å². The summed E-state index contributed by atoms with van der Waals surface area (Å²) in [4.78, 5) is 11.2. The lowest BCUT2D eigenvalue weighted by molar-refractivity contribution is 0.238. The van der Waals surface area contributed by atoms with Crippen LogP contribution >= 0.6 is 11.8 Å². The van der Waals surface area contributed by atoms with E-state index in [1.165, 1.54) is 24.3 Å². The van der Waals surface area contributed by atoms with Crippen molar-refractivity contribution in [2.75, 3.05) is 24.6 Å². The van der Waals surface area contributed by atoms with Gasteiger partial charge in [-0.15, -0.1) is 0 Å². The van der Waals surface area contributed by atoms with Gasteiger partial charge in [0.05, 0.1) is 0 Å². The Bertz CT molecular complexity index is 170. The van der Waals surface area contributed by atoms with E-state index >= 15 is 0 Å². The predicted octanol–water partition coefficient (Wildman–Crippen LogP) is 1.84. The first kappa shape index (κ1) is 11.7. The molecule has 0 aromatic heterocycles. The zero-order valence-corrected chi connectivity index (χ0v) is 9.66. The number of rotatable bonds is 4. The van der Waals surface area contributed by atoms with Gasteiger partial charge in [0, 0.05) is 13.1 Å². The Balaban J connectivity index is 2.03. The summed E-state index contributed by atoms with van der Waals surface area (Å²) in [6.45, 7) is 3.67. The van der Waals surface area contributed by atoms with E-state index in [9.17, 15) is 4.79 Å². The van der Waals surface area contributed by atoms with Crippen molar-refractivity contribution in [3.05, 3.63) is 0 Å². The summed E-state index contributed by atoms with van der Waals surface area (Å²) < 4.78 is 0. The zero-order chi connectivity index (χ0) is 10.2. The maximum Gasteiger partial charge on any atom is 0.314 e. The Hall–Kier alpha value is -0.380. The van der Waals surface area contributed by atoms with E-state index in [0.29, 0.717) is 5.92 Å². The molecule has 2 amide bonds. The van der Waals surface area contributed by atoms with Crippen molar-refractivity contribution in [1.29, 1.82) is 0 Å². The Morgan fingerprint density at radius 2 is 2.07 bits per heavy atom. The van der Waals surface area contributed by atoms with Crippen LogP contribution in [0.25, 0.3) is 0 Å². The molecule has 0 saturated carbocycles. The largest absolute Gasteiger partial charge is 0.338 e. The highest BCUT2D eigenvalue weighted by Crippen LogP contribution is 2.21. The third kappa shape index (κ3) is 4.74. The molecule has 0 aromatic rings. The van der Waals surface area contributed by atoms with Gasteiger partial charge in [-0.1, -0.05) is 6.92 Å². The second-order valence-corrected chi connectivity index (χ2v) is 4.92. The Morgan fingerprint density at radius 3 is 2.71 bits per heavy atom. The number of hydrogen-bond donors (Lipinski definition) is 2. The molecular formula is C10H20N2OS. The molecule has 4 heteroatoms. The average molecular weight is 216 g/mol. The summed E-state index contributed by atoms with van der Waals surface area (Å²) in [5.74, 6) is 3.20. The molecule has 1 fully saturated rings. The lowest BCUT2D eigenvalue weighted by Crippen LogP contribution is -2.39. The van der Waals surface area contributed by atoms with Crippen LogP contribution in [0.1, 0.15) is 26.2 Å². The van der Waals surface area contributed by atoms with Gasteiger partial charge in [0.2, 0.25) is 0 Å². The fraction of sp³-hybridized carbons (Fsp3) is 0.900. The van der Waals surface area contributed by atoms with Crippen LogP contribution < -0.4 is 10.6 Å². The summed E-state index contributed by atoms with van der Waals surface area (Å²) in [6.07, 6.45) is 3.49. The topological polar surface area (TPSA) is 41.1 Å². The highest BCUT2D eigenvalue weighted by atomic mass is 32.2. The SMILES string of the molecule is CCCNC(=O)NCC1CCSCC1. The molecule has 0 atom stereocenters. The van der Waals surface area contributed by atoms with E-state index in [0.717, 1.165) is 19.5 Å². The van der Waals surface area contributed by atoms with Crippen LogP contribution in [0.5, 0.6) is 0 Å². The van der Waals surface area contributed by atoms with Gasteiger partial charge in [-0.25, -0.2) is 4.79 Å². The van der Waals surface area contributed by atoms with Gasteiger partial charge in [0.15, 0.2) is 0 Å². The van der Waals surface area contributed by atoms with Crippen LogP contribution in [0.3, 0.4) is 0 Å². The first-order valence-electron chi connectivity index (χ1n) is 5.42. The van der Waals surface area contributed by atoms with E-state index < -0.39 is 0 Å². The third-order valence-corrected chi connectivity index (χ3v) is 3.48. The average Bonchev–Trinajstić information content (AvgIpc) is 2.25. The minimum absolute atomic E-state index is 0.00919. The fourth-order valence-electron chi connectivity index (χ4n) is 1.49. The molecule has 0 spiro atoms. The van der Waals surface area contributed by atoms with Gasteiger partial charge in [-0.05, 0) is 36.7 Å². The molecule has 1 aliphatic heterocycles. The van der Waals surface area contributed by atoms with Crippen LogP contribution in [0.4, 0.5) is 4.79 Å². The van der Waals surface area contributed by atoms with Crippen molar-refractivity contribution < 1.29 is 4.79 Å². The van der Waals surface area contributed by atoms with Gasteiger partial charge in [-0.2, -0.15) is 11.8 Å². The predicted molar refractivity (Wildman–Crippen MR) is 61.7 cm³/mol. The number of nitrogens with one attached hydrogen (secondary N) is 2. The first-order chi connectivity index (χ1) is 6.83. The molecule has 1 aliphatic rings.